The molecule has 2 unspecified atom stereocenters. The van der Waals surface area contributed by atoms with Gasteiger partial charge in [0.1, 0.15) is 6.10 Å². The van der Waals surface area contributed by atoms with Gasteiger partial charge in [-0.05, 0) is 36.1 Å². The first-order valence-electron chi connectivity index (χ1n) is 5.00. The van der Waals surface area contributed by atoms with Crippen LogP contribution in [-0.4, -0.2) is 22.9 Å². The number of aliphatic hydroxyl groups is 2. The third-order valence-electron chi connectivity index (χ3n) is 2.57. The van der Waals surface area contributed by atoms with Crippen molar-refractivity contribution in [3.8, 4) is 0 Å². The second-order valence-electron chi connectivity index (χ2n) is 3.77. The summed E-state index contributed by atoms with van der Waals surface area (Å²) in [7, 11) is 0. The molecule has 0 aliphatic rings. The summed E-state index contributed by atoms with van der Waals surface area (Å²) < 4.78 is 0. The molecule has 1 aromatic rings. The molecule has 0 radical (unpaired) electrons. The predicted molar refractivity (Wildman–Crippen MR) is 60.9 cm³/mol. The first-order valence-corrected chi connectivity index (χ1v) is 5.00. The Morgan fingerprint density at radius 3 is 2.56 bits per heavy atom. The van der Waals surface area contributed by atoms with Gasteiger partial charge in [-0.15, -0.1) is 0 Å². The third kappa shape index (κ3) is 2.97. The van der Waals surface area contributed by atoms with Crippen LogP contribution in [0, 0.1) is 13.8 Å². The van der Waals surface area contributed by atoms with Crippen molar-refractivity contribution in [3.05, 3.63) is 45.3 Å². The second-order valence-corrected chi connectivity index (χ2v) is 3.77. The van der Waals surface area contributed by atoms with Crippen molar-refractivity contribution in [3.63, 3.8) is 0 Å². The smallest absolute Gasteiger partial charge is 0.105 e. The van der Waals surface area contributed by atoms with Gasteiger partial charge in [0.25, 0.3) is 0 Å². The van der Waals surface area contributed by atoms with Crippen LogP contribution in [0.1, 0.15) is 22.8 Å². The van der Waals surface area contributed by atoms with Crippen LogP contribution in [0.15, 0.2) is 23.3 Å². The molecule has 0 heterocycles. The van der Waals surface area contributed by atoms with E-state index in [0.29, 0.717) is 5.56 Å². The maximum atomic E-state index is 9.80. The Morgan fingerprint density at radius 2 is 2.00 bits per heavy atom. The summed E-state index contributed by atoms with van der Waals surface area (Å²) in [6.07, 6.45) is -2.09. The summed E-state index contributed by atoms with van der Waals surface area (Å²) in [5, 5.41) is 22.6. The maximum Gasteiger partial charge on any atom is 0.105 e. The molecular weight excluding hydrogens is 206 g/mol. The highest BCUT2D eigenvalue weighted by Gasteiger charge is 2.17. The van der Waals surface area contributed by atoms with Crippen molar-refractivity contribution in [1.82, 2.24) is 0 Å². The van der Waals surface area contributed by atoms with Crippen molar-refractivity contribution in [2.45, 2.75) is 26.1 Å². The largest absolute Gasteiger partial charge is 0.390 e. The number of nitrogens with zero attached hydrogens (tertiary/aromatic N) is 3. The molecule has 0 saturated heterocycles. The molecule has 0 aliphatic heterocycles. The van der Waals surface area contributed by atoms with Gasteiger partial charge in [-0.1, -0.05) is 23.3 Å². The van der Waals surface area contributed by atoms with E-state index < -0.39 is 12.2 Å². The quantitative estimate of drug-likeness (QED) is 0.462. The van der Waals surface area contributed by atoms with Crippen LogP contribution in [0.25, 0.3) is 10.4 Å². The fourth-order valence-electron chi connectivity index (χ4n) is 1.39. The van der Waals surface area contributed by atoms with Gasteiger partial charge in [0.15, 0.2) is 0 Å². The van der Waals surface area contributed by atoms with Gasteiger partial charge < -0.3 is 10.2 Å². The van der Waals surface area contributed by atoms with Crippen LogP contribution < -0.4 is 0 Å². The molecule has 2 atom stereocenters. The van der Waals surface area contributed by atoms with Crippen LogP contribution in [0.4, 0.5) is 0 Å². The van der Waals surface area contributed by atoms with Crippen molar-refractivity contribution in [1.29, 1.82) is 0 Å². The second kappa shape index (κ2) is 5.51. The summed E-state index contributed by atoms with van der Waals surface area (Å²) >= 11 is 0. The third-order valence-corrected chi connectivity index (χ3v) is 2.57. The molecule has 0 saturated carbocycles. The lowest BCUT2D eigenvalue weighted by molar-refractivity contribution is 0.0244. The lowest BCUT2D eigenvalue weighted by atomic mass is 10.00. The SMILES string of the molecule is Cc1ccc(C(O)C(O)CN=[N+]=[N-])cc1C. The highest BCUT2D eigenvalue weighted by Crippen LogP contribution is 2.20. The van der Waals surface area contributed by atoms with Crippen LogP contribution >= 0.6 is 0 Å². The van der Waals surface area contributed by atoms with Gasteiger partial charge >= 0.3 is 0 Å². The number of aryl methyl sites for hydroxylation is 2. The van der Waals surface area contributed by atoms with E-state index in [1.165, 1.54) is 0 Å². The van der Waals surface area contributed by atoms with Gasteiger partial charge in [0, 0.05) is 4.91 Å². The lowest BCUT2D eigenvalue weighted by Gasteiger charge is -2.17. The first-order chi connectivity index (χ1) is 7.56. The van der Waals surface area contributed by atoms with Crippen LogP contribution in [0.2, 0.25) is 0 Å². The molecule has 1 aromatic carbocycles. The van der Waals surface area contributed by atoms with E-state index in [0.717, 1.165) is 11.1 Å². The fourth-order valence-corrected chi connectivity index (χ4v) is 1.39. The number of azide groups is 1. The van der Waals surface area contributed by atoms with Gasteiger partial charge in [0.2, 0.25) is 0 Å². The molecule has 5 heteroatoms. The maximum absolute atomic E-state index is 9.80. The zero-order valence-electron chi connectivity index (χ0n) is 9.33. The standard InChI is InChI=1S/C11H15N3O2/c1-7-3-4-9(5-8(7)2)11(16)10(15)6-13-14-12/h3-5,10-11,15-16H,6H2,1-2H3. The summed E-state index contributed by atoms with van der Waals surface area (Å²) in [5.74, 6) is 0. The van der Waals surface area contributed by atoms with Crippen LogP contribution in [-0.2, 0) is 0 Å². The molecule has 0 bridgehead atoms. The Balaban J connectivity index is 2.82. The number of hydrogen-bond donors (Lipinski definition) is 2. The van der Waals surface area contributed by atoms with Crippen molar-refractivity contribution >= 4 is 0 Å². The molecule has 16 heavy (non-hydrogen) atoms. The van der Waals surface area contributed by atoms with E-state index in [1.807, 2.05) is 26.0 Å². The summed E-state index contributed by atoms with van der Waals surface area (Å²) in [4.78, 5) is 2.54. The Hall–Kier alpha value is -1.55. The first kappa shape index (κ1) is 12.5. The highest BCUT2D eigenvalue weighted by atomic mass is 16.3. The molecule has 86 valence electrons. The highest BCUT2D eigenvalue weighted by molar-refractivity contribution is 5.31. The minimum Gasteiger partial charge on any atom is -0.390 e. The van der Waals surface area contributed by atoms with Crippen LogP contribution in [0.5, 0.6) is 0 Å². The van der Waals surface area contributed by atoms with Gasteiger partial charge in [-0.2, -0.15) is 0 Å². The van der Waals surface area contributed by atoms with E-state index in [2.05, 4.69) is 10.0 Å². The Morgan fingerprint density at radius 1 is 1.31 bits per heavy atom. The normalized spacial score (nSPS) is 14.0. The molecule has 0 aliphatic carbocycles. The average Bonchev–Trinajstić information content (AvgIpc) is 2.28. The molecule has 1 rings (SSSR count). The van der Waals surface area contributed by atoms with Gasteiger partial charge in [0.05, 0.1) is 12.6 Å². The molecule has 0 fully saturated rings. The minimum atomic E-state index is -1.07. The Kier molecular flexibility index (Phi) is 4.31. The lowest BCUT2D eigenvalue weighted by Crippen LogP contribution is -2.21. The predicted octanol–water partition coefficient (Wildman–Crippen LogP) is 2.01. The molecule has 2 N–H and O–H groups in total. The van der Waals surface area contributed by atoms with Gasteiger partial charge in [-0.3, -0.25) is 0 Å². The Labute approximate surface area is 94.0 Å². The summed E-state index contributed by atoms with van der Waals surface area (Å²) in [6.45, 7) is 3.78. The Bertz CT molecular complexity index is 414. The molecule has 5 nitrogen and oxygen atoms in total. The number of hydrogen-bond acceptors (Lipinski definition) is 3. The van der Waals surface area contributed by atoms with E-state index >= 15 is 0 Å². The molecule has 0 amide bonds. The van der Waals surface area contributed by atoms with Gasteiger partial charge in [-0.25, -0.2) is 0 Å². The molecular formula is C11H15N3O2. The van der Waals surface area contributed by atoms with E-state index in [-0.39, 0.29) is 6.54 Å². The topological polar surface area (TPSA) is 89.2 Å². The zero-order chi connectivity index (χ0) is 12.1. The van der Waals surface area contributed by atoms with Crippen LogP contribution in [0.3, 0.4) is 0 Å². The summed E-state index contributed by atoms with van der Waals surface area (Å²) in [5.41, 5.74) is 10.9. The van der Waals surface area contributed by atoms with E-state index in [9.17, 15) is 10.2 Å². The van der Waals surface area contributed by atoms with E-state index in [4.69, 9.17) is 5.53 Å². The summed E-state index contributed by atoms with van der Waals surface area (Å²) in [6, 6.07) is 5.46. The van der Waals surface area contributed by atoms with Crippen molar-refractivity contribution in [2.75, 3.05) is 6.54 Å². The minimum absolute atomic E-state index is 0.134. The van der Waals surface area contributed by atoms with Crippen molar-refractivity contribution < 1.29 is 10.2 Å². The number of aliphatic hydroxyl groups excluding tert-OH is 2. The number of benzene rings is 1. The fraction of sp³-hybridized carbons (Fsp3) is 0.455. The zero-order valence-corrected chi connectivity index (χ0v) is 9.33. The van der Waals surface area contributed by atoms with Crippen molar-refractivity contribution in [2.24, 2.45) is 5.11 Å². The molecule has 0 spiro atoms. The monoisotopic (exact) mass is 221 g/mol. The number of rotatable bonds is 4. The average molecular weight is 221 g/mol. The van der Waals surface area contributed by atoms with E-state index in [1.54, 1.807) is 6.07 Å². The molecule has 0 aromatic heterocycles.